The zero-order valence-corrected chi connectivity index (χ0v) is 10.6. The molecule has 0 heterocycles. The second-order valence-electron chi connectivity index (χ2n) is 4.30. The van der Waals surface area contributed by atoms with E-state index in [1.807, 2.05) is 25.1 Å². The molecule has 1 aromatic carbocycles. The van der Waals surface area contributed by atoms with Crippen molar-refractivity contribution in [2.24, 2.45) is 0 Å². The molecule has 18 heavy (non-hydrogen) atoms. The van der Waals surface area contributed by atoms with Gasteiger partial charge in [-0.1, -0.05) is 12.1 Å². The van der Waals surface area contributed by atoms with Crippen LogP contribution >= 0.6 is 0 Å². The number of aryl methyl sites for hydroxylation is 1. The normalized spacial score (nSPS) is 11.7. The fourth-order valence-corrected chi connectivity index (χ4v) is 1.53. The highest BCUT2D eigenvalue weighted by Crippen LogP contribution is 2.09. The van der Waals surface area contributed by atoms with Crippen molar-refractivity contribution in [3.05, 3.63) is 29.8 Å². The van der Waals surface area contributed by atoms with E-state index in [0.717, 1.165) is 11.3 Å². The van der Waals surface area contributed by atoms with E-state index in [4.69, 9.17) is 5.11 Å². The number of anilines is 1. The summed E-state index contributed by atoms with van der Waals surface area (Å²) in [5.41, 5.74) is 1.78. The van der Waals surface area contributed by atoms with Crippen LogP contribution in [0.25, 0.3) is 0 Å². The lowest BCUT2D eigenvalue weighted by Crippen LogP contribution is -2.36. The maximum Gasteiger partial charge on any atom is 0.319 e. The Bertz CT molecular complexity index is 432. The van der Waals surface area contributed by atoms with Crippen molar-refractivity contribution >= 4 is 17.7 Å². The first-order valence-electron chi connectivity index (χ1n) is 5.83. The Labute approximate surface area is 106 Å². The molecule has 0 spiro atoms. The summed E-state index contributed by atoms with van der Waals surface area (Å²) < 4.78 is 0. The van der Waals surface area contributed by atoms with Gasteiger partial charge in [0.15, 0.2) is 0 Å². The molecule has 0 radical (unpaired) electrons. The molecule has 98 valence electrons. The van der Waals surface area contributed by atoms with E-state index < -0.39 is 5.97 Å². The van der Waals surface area contributed by atoms with E-state index in [1.54, 1.807) is 13.0 Å². The van der Waals surface area contributed by atoms with Crippen LogP contribution in [-0.4, -0.2) is 23.1 Å². The van der Waals surface area contributed by atoms with Gasteiger partial charge in [-0.2, -0.15) is 0 Å². The number of rotatable bonds is 5. The number of carboxylic acid groups (broad SMARTS) is 1. The van der Waals surface area contributed by atoms with Gasteiger partial charge in [-0.05, 0) is 38.0 Å². The minimum atomic E-state index is -0.859. The molecule has 0 saturated heterocycles. The molecule has 0 aliphatic rings. The Balaban J connectivity index is 2.39. The van der Waals surface area contributed by atoms with Gasteiger partial charge < -0.3 is 15.7 Å². The van der Waals surface area contributed by atoms with Crippen LogP contribution in [0.4, 0.5) is 10.5 Å². The molecule has 1 atom stereocenters. The third-order valence-electron chi connectivity index (χ3n) is 2.44. The lowest BCUT2D eigenvalue weighted by atomic mass is 10.2. The number of amides is 2. The van der Waals surface area contributed by atoms with Crippen molar-refractivity contribution in [2.45, 2.75) is 32.7 Å². The summed E-state index contributed by atoms with van der Waals surface area (Å²) in [5.74, 6) is -0.859. The third kappa shape index (κ3) is 5.34. The lowest BCUT2D eigenvalue weighted by Gasteiger charge is -2.13. The molecule has 1 aromatic rings. The van der Waals surface area contributed by atoms with Gasteiger partial charge in [0.2, 0.25) is 0 Å². The van der Waals surface area contributed by atoms with Crippen molar-refractivity contribution in [1.29, 1.82) is 0 Å². The Morgan fingerprint density at radius 1 is 1.39 bits per heavy atom. The molecule has 0 saturated carbocycles. The summed E-state index contributed by atoms with van der Waals surface area (Å²) in [7, 11) is 0. The van der Waals surface area contributed by atoms with Gasteiger partial charge in [0, 0.05) is 18.2 Å². The summed E-state index contributed by atoms with van der Waals surface area (Å²) in [4.78, 5) is 22.0. The third-order valence-corrected chi connectivity index (χ3v) is 2.44. The van der Waals surface area contributed by atoms with Crippen molar-refractivity contribution in [2.75, 3.05) is 5.32 Å². The Morgan fingerprint density at radius 3 is 2.72 bits per heavy atom. The minimum Gasteiger partial charge on any atom is -0.481 e. The van der Waals surface area contributed by atoms with E-state index in [2.05, 4.69) is 10.6 Å². The maximum absolute atomic E-state index is 11.6. The van der Waals surface area contributed by atoms with Crippen LogP contribution in [0.15, 0.2) is 24.3 Å². The second-order valence-corrected chi connectivity index (χ2v) is 4.30. The molecule has 0 aliphatic carbocycles. The number of benzene rings is 1. The highest BCUT2D eigenvalue weighted by atomic mass is 16.4. The van der Waals surface area contributed by atoms with Crippen LogP contribution in [0.1, 0.15) is 25.3 Å². The highest BCUT2D eigenvalue weighted by molar-refractivity contribution is 5.89. The van der Waals surface area contributed by atoms with Crippen LogP contribution in [0.3, 0.4) is 0 Å². The Hall–Kier alpha value is -2.04. The maximum atomic E-state index is 11.6. The largest absolute Gasteiger partial charge is 0.481 e. The van der Waals surface area contributed by atoms with Crippen molar-refractivity contribution in [1.82, 2.24) is 5.32 Å². The number of urea groups is 1. The SMILES string of the molecule is Cc1cccc(NC(=O)NC(C)CCC(=O)O)c1. The van der Waals surface area contributed by atoms with Crippen LogP contribution < -0.4 is 10.6 Å². The number of hydrogen-bond donors (Lipinski definition) is 3. The average molecular weight is 250 g/mol. The molecule has 5 nitrogen and oxygen atoms in total. The van der Waals surface area contributed by atoms with E-state index in [0.29, 0.717) is 6.42 Å². The summed E-state index contributed by atoms with van der Waals surface area (Å²) in [6.45, 7) is 3.72. The summed E-state index contributed by atoms with van der Waals surface area (Å²) in [6.07, 6.45) is 0.461. The van der Waals surface area contributed by atoms with Crippen molar-refractivity contribution in [3.63, 3.8) is 0 Å². The molecule has 0 fully saturated rings. The number of carbonyl (C=O) groups is 2. The van der Waals surface area contributed by atoms with Gasteiger partial charge in [-0.25, -0.2) is 4.79 Å². The summed E-state index contributed by atoms with van der Waals surface area (Å²) >= 11 is 0. The van der Waals surface area contributed by atoms with Gasteiger partial charge in [0.05, 0.1) is 0 Å². The zero-order chi connectivity index (χ0) is 13.5. The number of hydrogen-bond acceptors (Lipinski definition) is 2. The number of aliphatic carboxylic acids is 1. The molecular formula is C13H18N2O3. The number of nitrogens with one attached hydrogen (secondary N) is 2. The van der Waals surface area contributed by atoms with Gasteiger partial charge in [-0.3, -0.25) is 4.79 Å². The van der Waals surface area contributed by atoms with Crippen molar-refractivity contribution in [3.8, 4) is 0 Å². The minimum absolute atomic E-state index is 0.0475. The summed E-state index contributed by atoms with van der Waals surface area (Å²) in [6, 6.07) is 6.97. The standard InChI is InChI=1S/C13H18N2O3/c1-9-4-3-5-11(8-9)15-13(18)14-10(2)6-7-12(16)17/h3-5,8,10H,6-7H2,1-2H3,(H,16,17)(H2,14,15,18). The molecule has 1 rings (SSSR count). The first-order valence-corrected chi connectivity index (χ1v) is 5.83. The van der Waals surface area contributed by atoms with Crippen LogP contribution in [0.2, 0.25) is 0 Å². The topological polar surface area (TPSA) is 78.4 Å². The molecule has 3 N–H and O–H groups in total. The van der Waals surface area contributed by atoms with Gasteiger partial charge in [0.1, 0.15) is 0 Å². The smallest absolute Gasteiger partial charge is 0.319 e. The molecule has 1 unspecified atom stereocenters. The quantitative estimate of drug-likeness (QED) is 0.750. The van der Waals surface area contributed by atoms with Crippen molar-refractivity contribution < 1.29 is 14.7 Å². The molecular weight excluding hydrogens is 232 g/mol. The van der Waals surface area contributed by atoms with E-state index >= 15 is 0 Å². The fourth-order valence-electron chi connectivity index (χ4n) is 1.53. The van der Waals surface area contributed by atoms with E-state index in [-0.39, 0.29) is 18.5 Å². The van der Waals surface area contributed by atoms with E-state index in [9.17, 15) is 9.59 Å². The Kier molecular flexibility index (Phi) is 5.17. The monoisotopic (exact) mass is 250 g/mol. The van der Waals surface area contributed by atoms with Gasteiger partial charge >= 0.3 is 12.0 Å². The lowest BCUT2D eigenvalue weighted by molar-refractivity contribution is -0.137. The number of carbonyl (C=O) groups excluding carboxylic acids is 1. The predicted molar refractivity (Wildman–Crippen MR) is 69.7 cm³/mol. The zero-order valence-electron chi connectivity index (χ0n) is 10.6. The first kappa shape index (κ1) is 14.0. The average Bonchev–Trinajstić information content (AvgIpc) is 2.26. The second kappa shape index (κ2) is 6.64. The predicted octanol–water partition coefficient (Wildman–Crippen LogP) is 2.37. The van der Waals surface area contributed by atoms with Crippen LogP contribution in [0, 0.1) is 6.92 Å². The summed E-state index contributed by atoms with van der Waals surface area (Å²) in [5, 5.41) is 13.9. The molecule has 0 aromatic heterocycles. The molecule has 0 bridgehead atoms. The van der Waals surface area contributed by atoms with Crippen LogP contribution in [-0.2, 0) is 4.79 Å². The molecule has 0 aliphatic heterocycles. The van der Waals surface area contributed by atoms with E-state index in [1.165, 1.54) is 0 Å². The molecule has 2 amide bonds. The molecule has 5 heteroatoms. The first-order chi connectivity index (χ1) is 8.47. The van der Waals surface area contributed by atoms with Gasteiger partial charge in [-0.15, -0.1) is 0 Å². The fraction of sp³-hybridized carbons (Fsp3) is 0.385. The van der Waals surface area contributed by atoms with Crippen LogP contribution in [0.5, 0.6) is 0 Å². The van der Waals surface area contributed by atoms with Gasteiger partial charge in [0.25, 0.3) is 0 Å². The Morgan fingerprint density at radius 2 is 2.11 bits per heavy atom. The highest BCUT2D eigenvalue weighted by Gasteiger charge is 2.09. The number of carboxylic acids is 1.